The van der Waals surface area contributed by atoms with Gasteiger partial charge in [-0.05, 0) is 53.7 Å². The maximum atomic E-state index is 12.9. The van der Waals surface area contributed by atoms with Gasteiger partial charge in [0, 0.05) is 11.8 Å². The van der Waals surface area contributed by atoms with E-state index in [1.807, 2.05) is 6.92 Å². The number of amides is 1. The molecule has 2 aromatic rings. The molecule has 0 aliphatic carbocycles. The molecule has 11 heteroatoms. The number of carbonyl (C=O) groups is 2. The van der Waals surface area contributed by atoms with E-state index >= 15 is 0 Å². The Morgan fingerprint density at radius 2 is 1.88 bits per heavy atom. The van der Waals surface area contributed by atoms with E-state index in [2.05, 4.69) is 5.32 Å². The smallest absolute Gasteiger partial charge is 0.459 e. The SMILES string of the molecule is CCc1c(C(=O)N[C@H](C(=O)OCc2ccc(S(C)(=O)=O)cc2)C(C)O)ccc2c1B(O)OC2. The summed E-state index contributed by atoms with van der Waals surface area (Å²) in [6.45, 7) is 3.28. The molecule has 1 amide bonds. The van der Waals surface area contributed by atoms with E-state index in [-0.39, 0.29) is 23.7 Å². The number of hydrogen-bond acceptors (Lipinski definition) is 8. The van der Waals surface area contributed by atoms with E-state index in [1.165, 1.54) is 31.2 Å². The molecular formula is C22H26BNO8S. The predicted octanol–water partition coefficient (Wildman–Crippen LogP) is 0.0928. The van der Waals surface area contributed by atoms with Crippen LogP contribution in [0.15, 0.2) is 41.3 Å². The summed E-state index contributed by atoms with van der Waals surface area (Å²) in [5.74, 6) is -1.43. The van der Waals surface area contributed by atoms with Crippen molar-refractivity contribution >= 4 is 34.3 Å². The van der Waals surface area contributed by atoms with Crippen LogP contribution in [0, 0.1) is 0 Å². The first-order valence-corrected chi connectivity index (χ1v) is 12.3. The van der Waals surface area contributed by atoms with Gasteiger partial charge in [-0.1, -0.05) is 25.1 Å². The van der Waals surface area contributed by atoms with E-state index in [1.54, 1.807) is 12.1 Å². The zero-order valence-electron chi connectivity index (χ0n) is 18.6. The third-order valence-corrected chi connectivity index (χ3v) is 6.57. The zero-order valence-corrected chi connectivity index (χ0v) is 19.4. The summed E-state index contributed by atoms with van der Waals surface area (Å²) in [5.41, 5.74) is 2.78. The minimum atomic E-state index is -3.34. The Labute approximate surface area is 192 Å². The predicted molar refractivity (Wildman–Crippen MR) is 120 cm³/mol. The summed E-state index contributed by atoms with van der Waals surface area (Å²) in [6, 6.07) is 7.82. The number of hydrogen-bond donors (Lipinski definition) is 3. The molecule has 9 nitrogen and oxygen atoms in total. The van der Waals surface area contributed by atoms with Crippen LogP contribution in [-0.4, -0.2) is 55.9 Å². The van der Waals surface area contributed by atoms with E-state index in [9.17, 15) is 28.1 Å². The number of sulfone groups is 1. The minimum absolute atomic E-state index is 0.142. The molecule has 0 radical (unpaired) electrons. The number of benzene rings is 2. The lowest BCUT2D eigenvalue weighted by Crippen LogP contribution is -2.49. The Morgan fingerprint density at radius 3 is 2.45 bits per heavy atom. The number of aliphatic hydroxyl groups excluding tert-OH is 1. The Hall–Kier alpha value is -2.73. The van der Waals surface area contributed by atoms with Crippen LogP contribution in [0.25, 0.3) is 0 Å². The van der Waals surface area contributed by atoms with Crippen LogP contribution in [-0.2, 0) is 43.7 Å². The number of carbonyl (C=O) groups excluding carboxylic acids is 2. The van der Waals surface area contributed by atoms with Gasteiger partial charge in [-0.25, -0.2) is 13.2 Å². The van der Waals surface area contributed by atoms with Gasteiger partial charge in [0.15, 0.2) is 15.9 Å². The molecular weight excluding hydrogens is 449 g/mol. The van der Waals surface area contributed by atoms with E-state index in [4.69, 9.17) is 9.39 Å². The Morgan fingerprint density at radius 1 is 1.21 bits per heavy atom. The van der Waals surface area contributed by atoms with Crippen molar-refractivity contribution in [3.05, 3.63) is 58.7 Å². The van der Waals surface area contributed by atoms with Crippen molar-refractivity contribution in [2.75, 3.05) is 6.26 Å². The lowest BCUT2D eigenvalue weighted by Gasteiger charge is -2.21. The lowest BCUT2D eigenvalue weighted by atomic mass is 9.74. The van der Waals surface area contributed by atoms with Crippen LogP contribution >= 0.6 is 0 Å². The summed E-state index contributed by atoms with van der Waals surface area (Å²) >= 11 is 0. The fraction of sp³-hybridized carbons (Fsp3) is 0.364. The Balaban J connectivity index is 1.71. The molecule has 176 valence electrons. The Kier molecular flexibility index (Phi) is 7.58. The van der Waals surface area contributed by atoms with Crippen molar-refractivity contribution < 1.29 is 37.5 Å². The maximum absolute atomic E-state index is 12.9. The van der Waals surface area contributed by atoms with Crippen LogP contribution in [0.2, 0.25) is 0 Å². The molecule has 33 heavy (non-hydrogen) atoms. The molecule has 1 aliphatic rings. The van der Waals surface area contributed by atoms with Gasteiger partial charge in [0.25, 0.3) is 5.91 Å². The molecule has 1 aliphatic heterocycles. The average Bonchev–Trinajstić information content (AvgIpc) is 3.15. The third-order valence-electron chi connectivity index (χ3n) is 5.44. The maximum Gasteiger partial charge on any atom is 0.492 e. The highest BCUT2D eigenvalue weighted by molar-refractivity contribution is 7.90. The molecule has 2 aromatic carbocycles. The number of fused-ring (bicyclic) bond motifs is 1. The number of rotatable bonds is 8. The standard InChI is InChI=1S/C22H26BNO8S/c1-4-17-18(10-7-15-12-32-23(28)19(15)17)21(26)24-20(13(2)25)22(27)31-11-14-5-8-16(9-6-14)33(3,29)30/h5-10,13,20,25,28H,4,11-12H2,1-3H3,(H,24,26)/t13?,20-/m0/s1. The summed E-state index contributed by atoms with van der Waals surface area (Å²) in [6.07, 6.45) is 0.318. The molecule has 0 aromatic heterocycles. The summed E-state index contributed by atoms with van der Waals surface area (Å²) in [5, 5.41) is 22.7. The topological polar surface area (TPSA) is 139 Å². The normalized spacial score (nSPS) is 15.0. The second kappa shape index (κ2) is 10.0. The largest absolute Gasteiger partial charge is 0.492 e. The first-order valence-electron chi connectivity index (χ1n) is 10.4. The van der Waals surface area contributed by atoms with Crippen molar-refractivity contribution in [1.82, 2.24) is 5.32 Å². The quantitative estimate of drug-likeness (QED) is 0.361. The monoisotopic (exact) mass is 475 g/mol. The molecule has 0 spiro atoms. The van der Waals surface area contributed by atoms with Crippen LogP contribution in [0.1, 0.15) is 40.9 Å². The molecule has 2 atom stereocenters. The first-order chi connectivity index (χ1) is 15.5. The first kappa shape index (κ1) is 24.9. The molecule has 0 saturated carbocycles. The molecule has 3 N–H and O–H groups in total. The molecule has 3 rings (SSSR count). The van der Waals surface area contributed by atoms with Gasteiger partial charge in [0.05, 0.1) is 17.6 Å². The molecule has 0 bridgehead atoms. The van der Waals surface area contributed by atoms with Gasteiger partial charge in [-0.15, -0.1) is 0 Å². The Bertz CT molecular complexity index is 1150. The fourth-order valence-electron chi connectivity index (χ4n) is 3.66. The third kappa shape index (κ3) is 5.62. The van der Waals surface area contributed by atoms with Gasteiger partial charge in [-0.2, -0.15) is 0 Å². The van der Waals surface area contributed by atoms with Crippen molar-refractivity contribution in [2.24, 2.45) is 0 Å². The second-order valence-electron chi connectivity index (χ2n) is 7.90. The highest BCUT2D eigenvalue weighted by Crippen LogP contribution is 2.18. The number of aliphatic hydroxyl groups is 1. The lowest BCUT2D eigenvalue weighted by molar-refractivity contribution is -0.150. The fourth-order valence-corrected chi connectivity index (χ4v) is 4.30. The van der Waals surface area contributed by atoms with Crippen LogP contribution in [0.4, 0.5) is 0 Å². The summed E-state index contributed by atoms with van der Waals surface area (Å²) in [7, 11) is -4.46. The molecule has 0 saturated heterocycles. The summed E-state index contributed by atoms with van der Waals surface area (Å²) in [4.78, 5) is 25.7. The molecule has 0 fully saturated rings. The van der Waals surface area contributed by atoms with E-state index in [0.29, 0.717) is 23.0 Å². The van der Waals surface area contributed by atoms with Gasteiger partial charge in [0.1, 0.15) is 6.61 Å². The molecule has 1 heterocycles. The number of ether oxygens (including phenoxy) is 1. The van der Waals surface area contributed by atoms with Crippen molar-refractivity contribution in [2.45, 2.75) is 50.5 Å². The van der Waals surface area contributed by atoms with Crippen LogP contribution in [0.3, 0.4) is 0 Å². The highest BCUT2D eigenvalue weighted by atomic mass is 32.2. The number of esters is 1. The zero-order chi connectivity index (χ0) is 24.3. The summed E-state index contributed by atoms with van der Waals surface area (Å²) < 4.78 is 33.6. The van der Waals surface area contributed by atoms with E-state index in [0.717, 1.165) is 11.8 Å². The van der Waals surface area contributed by atoms with Gasteiger partial charge in [0.2, 0.25) is 0 Å². The van der Waals surface area contributed by atoms with Crippen LogP contribution in [0.5, 0.6) is 0 Å². The van der Waals surface area contributed by atoms with E-state index < -0.39 is 41.0 Å². The van der Waals surface area contributed by atoms with Gasteiger partial charge in [-0.3, -0.25) is 4.79 Å². The van der Waals surface area contributed by atoms with Crippen molar-refractivity contribution in [1.29, 1.82) is 0 Å². The average molecular weight is 475 g/mol. The van der Waals surface area contributed by atoms with Crippen molar-refractivity contribution in [3.63, 3.8) is 0 Å². The van der Waals surface area contributed by atoms with Gasteiger partial charge >= 0.3 is 13.1 Å². The number of nitrogens with one attached hydrogen (secondary N) is 1. The van der Waals surface area contributed by atoms with Crippen molar-refractivity contribution in [3.8, 4) is 0 Å². The minimum Gasteiger partial charge on any atom is -0.459 e. The van der Waals surface area contributed by atoms with Crippen LogP contribution < -0.4 is 10.8 Å². The second-order valence-corrected chi connectivity index (χ2v) is 9.91. The molecule has 1 unspecified atom stereocenters. The highest BCUT2D eigenvalue weighted by Gasteiger charge is 2.33. The van der Waals surface area contributed by atoms with Gasteiger partial charge < -0.3 is 24.8 Å².